The Morgan fingerprint density at radius 1 is 1.26 bits per heavy atom. The summed E-state index contributed by atoms with van der Waals surface area (Å²) in [6, 6.07) is 0. The maximum Gasteiger partial charge on any atom is 0.306 e. The summed E-state index contributed by atoms with van der Waals surface area (Å²) in [5, 5.41) is 0. The first kappa shape index (κ1) is 18.9. The molecule has 1 spiro atoms. The molecule has 5 aliphatic rings. The Morgan fingerprint density at radius 3 is 2.74 bits per heavy atom. The number of carbonyl (C=O) groups is 4. The smallest absolute Gasteiger partial charge is 0.306 e. The van der Waals surface area contributed by atoms with Crippen LogP contribution in [-0.4, -0.2) is 47.4 Å². The second-order valence-electron chi connectivity index (χ2n) is 11.2. The van der Waals surface area contributed by atoms with E-state index in [1.54, 1.807) is 19.1 Å². The van der Waals surface area contributed by atoms with Gasteiger partial charge in [-0.3, -0.25) is 19.2 Å². The highest BCUT2D eigenvalue weighted by Gasteiger charge is 2.83. The minimum Gasteiger partial charge on any atom is -0.457 e. The van der Waals surface area contributed by atoms with Crippen LogP contribution in [0.3, 0.4) is 0 Å². The second kappa shape index (κ2) is 7.86. The molecule has 190 valence electrons. The van der Waals surface area contributed by atoms with Gasteiger partial charge in [0.2, 0.25) is 5.78 Å². The number of ketones is 2. The Morgan fingerprint density at radius 2 is 2.03 bits per heavy atom. The molecule has 8 atom stereocenters. The molecule has 35 heavy (non-hydrogen) atoms. The van der Waals surface area contributed by atoms with Gasteiger partial charge in [0.1, 0.15) is 5.60 Å². The summed E-state index contributed by atoms with van der Waals surface area (Å²) >= 11 is 0. The van der Waals surface area contributed by atoms with Crippen LogP contribution in [0.1, 0.15) is 79.9 Å². The van der Waals surface area contributed by atoms with Gasteiger partial charge in [-0.1, -0.05) is 39.3 Å². The topological polar surface area (TPSA) is 99.3 Å². The molecular formula is C28H36O7. The van der Waals surface area contributed by atoms with Crippen LogP contribution in [0.25, 0.3) is 0 Å². The molecule has 7 nitrogen and oxygen atoms in total. The predicted octanol–water partition coefficient (Wildman–Crippen LogP) is 3.89. The highest BCUT2D eigenvalue weighted by Crippen LogP contribution is 2.77. The number of hydrogen-bond donors (Lipinski definition) is 0. The summed E-state index contributed by atoms with van der Waals surface area (Å²) < 4.78 is 54.9. The normalized spacial score (nSPS) is 47.7. The average molecular weight is 490 g/mol. The van der Waals surface area contributed by atoms with Crippen molar-refractivity contribution >= 4 is 23.5 Å². The zero-order valence-electron chi connectivity index (χ0n) is 25.6. The van der Waals surface area contributed by atoms with Crippen LogP contribution in [0, 0.1) is 28.6 Å². The number of allylic oxidation sites excluding steroid dienone is 2. The fraction of sp³-hybridized carbons (Fsp3) is 0.714. The Hall–Kier alpha value is -2.28. The van der Waals surface area contributed by atoms with Crippen molar-refractivity contribution in [2.45, 2.75) is 90.3 Å². The molecule has 4 fully saturated rings. The number of rotatable bonds is 6. The van der Waals surface area contributed by atoms with E-state index in [2.05, 4.69) is 6.92 Å². The average Bonchev–Trinajstić information content (AvgIpc) is 3.54. The Bertz CT molecular complexity index is 1240. The molecule has 0 N–H and O–H groups in total. The third-order valence-corrected chi connectivity index (χ3v) is 9.89. The van der Waals surface area contributed by atoms with Crippen LogP contribution in [0.15, 0.2) is 23.8 Å². The van der Waals surface area contributed by atoms with Crippen LogP contribution in [0.4, 0.5) is 0 Å². The van der Waals surface area contributed by atoms with Crippen LogP contribution < -0.4 is 0 Å². The fourth-order valence-corrected chi connectivity index (χ4v) is 8.36. The van der Waals surface area contributed by atoms with E-state index in [1.165, 1.54) is 0 Å². The van der Waals surface area contributed by atoms with Crippen LogP contribution in [0.5, 0.6) is 0 Å². The van der Waals surface area contributed by atoms with Gasteiger partial charge in [0.25, 0.3) is 0 Å². The molecule has 5 rings (SSSR count). The summed E-state index contributed by atoms with van der Waals surface area (Å²) in [5.74, 6) is -3.52. The molecule has 3 saturated carbocycles. The lowest BCUT2D eigenvalue weighted by atomic mass is 9.46. The van der Waals surface area contributed by atoms with Crippen molar-refractivity contribution < 1.29 is 40.2 Å². The van der Waals surface area contributed by atoms with Crippen LogP contribution in [0.2, 0.25) is 0 Å². The van der Waals surface area contributed by atoms with Crippen molar-refractivity contribution in [1.82, 2.24) is 0 Å². The molecule has 0 aromatic rings. The largest absolute Gasteiger partial charge is 0.457 e. The molecule has 7 heteroatoms. The van der Waals surface area contributed by atoms with Crippen molar-refractivity contribution in [2.24, 2.45) is 28.6 Å². The number of ether oxygens (including phenoxy) is 3. The minimum atomic E-state index is -3.31. The summed E-state index contributed by atoms with van der Waals surface area (Å²) in [6.45, 7) is 3.27. The summed E-state index contributed by atoms with van der Waals surface area (Å²) in [7, 11) is 0. The van der Waals surface area contributed by atoms with E-state index in [0.717, 1.165) is 12.0 Å². The van der Waals surface area contributed by atoms with Crippen molar-refractivity contribution in [3.8, 4) is 0 Å². The van der Waals surface area contributed by atoms with Gasteiger partial charge < -0.3 is 14.2 Å². The standard InChI is InChI=1S/C28H36O7/c1-6-23(31)33-15-21(30)27(35-24(32)7-2)16(3)12-20-19-9-8-17-13-18(29)10-11-25(17,4)28(19)22(34-28)14-26(20,27)5/h10-11,13,16,19-20,22H,6-9,12,14-15H2,1-5H3/t16-,19-,20-,22-,25-,26-,27-,28+/m0/s1/i1D3,6D2. The zero-order valence-corrected chi connectivity index (χ0v) is 20.6. The van der Waals surface area contributed by atoms with E-state index in [-0.39, 0.29) is 30.1 Å². The van der Waals surface area contributed by atoms with Crippen molar-refractivity contribution in [2.75, 3.05) is 6.61 Å². The Labute approximate surface area is 213 Å². The lowest BCUT2D eigenvalue weighted by Crippen LogP contribution is -2.63. The Kier molecular flexibility index (Phi) is 4.25. The lowest BCUT2D eigenvalue weighted by molar-refractivity contribution is -0.194. The first-order valence-corrected chi connectivity index (χ1v) is 12.5. The SMILES string of the molecule is [2H]C([2H])([2H])C([2H])([2H])C(=O)OCC(=O)[C@@]1(OC(=O)CC)[C@@H](C)C[C@H]2[C@@H]3CCC4=CC(=O)C=C[C@]4(C)[C@@]34O[C@H]4C[C@@]21C. The maximum atomic E-state index is 14.1. The highest BCUT2D eigenvalue weighted by atomic mass is 16.6. The predicted molar refractivity (Wildman–Crippen MR) is 126 cm³/mol. The molecule has 0 unspecified atom stereocenters. The maximum absolute atomic E-state index is 14.1. The summed E-state index contributed by atoms with van der Waals surface area (Å²) in [6.07, 6.45) is 4.09. The first-order chi connectivity index (χ1) is 18.4. The van der Waals surface area contributed by atoms with Gasteiger partial charge in [-0.05, 0) is 56.6 Å². The zero-order chi connectivity index (χ0) is 29.7. The van der Waals surface area contributed by atoms with Crippen LogP contribution in [-0.2, 0) is 33.4 Å². The number of esters is 2. The monoisotopic (exact) mass is 489 g/mol. The third-order valence-electron chi connectivity index (χ3n) is 9.89. The van der Waals surface area contributed by atoms with Gasteiger partial charge in [0, 0.05) is 36.4 Å². The molecule has 0 radical (unpaired) electrons. The van der Waals surface area contributed by atoms with E-state index >= 15 is 0 Å². The van der Waals surface area contributed by atoms with Gasteiger partial charge in [0.05, 0.1) is 6.10 Å². The molecule has 0 amide bonds. The summed E-state index contributed by atoms with van der Waals surface area (Å²) in [4.78, 5) is 51.4. The van der Waals surface area contributed by atoms with Crippen molar-refractivity contribution in [1.29, 1.82) is 0 Å². The molecule has 1 heterocycles. The second-order valence-corrected chi connectivity index (χ2v) is 11.2. The van der Waals surface area contributed by atoms with Gasteiger partial charge in [-0.2, -0.15) is 0 Å². The van der Waals surface area contributed by atoms with Gasteiger partial charge >= 0.3 is 11.9 Å². The number of epoxide rings is 1. The van der Waals surface area contributed by atoms with E-state index in [0.29, 0.717) is 19.3 Å². The number of Topliss-reactive ketones (excluding diaryl/α,β-unsaturated/α-hetero) is 1. The van der Waals surface area contributed by atoms with Crippen LogP contribution >= 0.6 is 0 Å². The van der Waals surface area contributed by atoms with E-state index in [1.807, 2.05) is 19.9 Å². The first-order valence-electron chi connectivity index (χ1n) is 15.0. The van der Waals surface area contributed by atoms with Gasteiger partial charge in [-0.15, -0.1) is 0 Å². The third kappa shape index (κ3) is 3.00. The fourth-order valence-electron chi connectivity index (χ4n) is 8.36. The van der Waals surface area contributed by atoms with E-state index < -0.39 is 65.5 Å². The molecule has 0 bridgehead atoms. The minimum absolute atomic E-state index is 0.0148. The quantitative estimate of drug-likeness (QED) is 0.412. The van der Waals surface area contributed by atoms with E-state index in [4.69, 9.17) is 21.1 Å². The molecule has 0 aromatic heterocycles. The number of carbonyl (C=O) groups excluding carboxylic acids is 4. The molecule has 4 aliphatic carbocycles. The van der Waals surface area contributed by atoms with Crippen molar-refractivity contribution in [3.05, 3.63) is 23.8 Å². The number of hydrogen-bond acceptors (Lipinski definition) is 7. The van der Waals surface area contributed by atoms with Crippen molar-refractivity contribution in [3.63, 3.8) is 0 Å². The molecule has 1 aliphatic heterocycles. The molecular weight excluding hydrogens is 448 g/mol. The van der Waals surface area contributed by atoms with E-state index in [9.17, 15) is 19.2 Å². The van der Waals surface area contributed by atoms with Gasteiger partial charge in [-0.25, -0.2) is 0 Å². The Balaban J connectivity index is 1.50. The molecule has 1 saturated heterocycles. The lowest BCUT2D eigenvalue weighted by Gasteiger charge is -2.56. The summed E-state index contributed by atoms with van der Waals surface area (Å²) in [5.41, 5.74) is -2.52. The highest BCUT2D eigenvalue weighted by molar-refractivity contribution is 6.01. The van der Waals surface area contributed by atoms with Gasteiger partial charge in [0.15, 0.2) is 18.0 Å². The number of fused-ring (bicyclic) bond motifs is 3. The molecule has 0 aromatic carbocycles.